The molecule has 0 saturated carbocycles. The molecule has 16 heteroatoms. The van der Waals surface area contributed by atoms with Crippen molar-refractivity contribution in [2.24, 2.45) is 39.6 Å². The number of likely N-dealkylation sites (tertiary alicyclic amines) is 1. The van der Waals surface area contributed by atoms with Crippen molar-refractivity contribution < 1.29 is 58.9 Å². The lowest BCUT2D eigenvalue weighted by atomic mass is 9.77. The summed E-state index contributed by atoms with van der Waals surface area (Å²) in [5, 5.41) is 63.6. The third-order valence-corrected chi connectivity index (χ3v) is 14.3. The molecule has 6 rings (SSSR count). The van der Waals surface area contributed by atoms with E-state index in [0.717, 1.165) is 0 Å². The fraction of sp³-hybridized carbons (Fsp3) is 0.620. The first-order valence-corrected chi connectivity index (χ1v) is 23.4. The normalized spacial score (nSPS) is 31.9. The molecule has 0 radical (unpaired) electrons. The third kappa shape index (κ3) is 9.43. The summed E-state index contributed by atoms with van der Waals surface area (Å²) in [6.45, 7) is 18.4. The number of hydrogen-bond donors (Lipinski definition) is 6. The Balaban J connectivity index is 1.55. The van der Waals surface area contributed by atoms with E-state index in [2.05, 4.69) is 5.32 Å². The Morgan fingerprint density at radius 2 is 1.64 bits per heavy atom. The highest BCUT2D eigenvalue weighted by molar-refractivity contribution is 6.08. The van der Waals surface area contributed by atoms with Crippen LogP contribution in [0.1, 0.15) is 112 Å². The van der Waals surface area contributed by atoms with E-state index < -0.39 is 89.2 Å². The summed E-state index contributed by atoms with van der Waals surface area (Å²) in [5.74, 6) is -3.74. The molecular formula is C50H70N4O12. The molecule has 4 bridgehead atoms. The summed E-state index contributed by atoms with van der Waals surface area (Å²) in [4.78, 5) is 51.5. The van der Waals surface area contributed by atoms with Crippen molar-refractivity contribution >= 4 is 34.4 Å². The molecule has 1 saturated heterocycles. The summed E-state index contributed by atoms with van der Waals surface area (Å²) in [7, 11) is 1.55. The van der Waals surface area contributed by atoms with Gasteiger partial charge in [-0.25, -0.2) is 4.79 Å². The van der Waals surface area contributed by atoms with Crippen LogP contribution in [0, 0.1) is 36.5 Å². The van der Waals surface area contributed by atoms with E-state index in [0.29, 0.717) is 18.4 Å². The number of carbonyl (C=O) groups excluding carboxylic acids is 3. The van der Waals surface area contributed by atoms with Crippen molar-refractivity contribution in [2.45, 2.75) is 143 Å². The molecule has 2 amide bonds. The Morgan fingerprint density at radius 1 is 0.970 bits per heavy atom. The van der Waals surface area contributed by atoms with Crippen LogP contribution >= 0.6 is 0 Å². The Labute approximate surface area is 387 Å². The van der Waals surface area contributed by atoms with Crippen molar-refractivity contribution in [1.29, 1.82) is 0 Å². The topological polar surface area (TPSA) is 229 Å². The Kier molecular flexibility index (Phi) is 15.3. The molecule has 16 nitrogen and oxygen atoms in total. The minimum Gasteiger partial charge on any atom is -0.507 e. The molecular weight excluding hydrogens is 849 g/mol. The second kappa shape index (κ2) is 20.1. The van der Waals surface area contributed by atoms with Gasteiger partial charge in [-0.2, -0.15) is 0 Å². The molecule has 1 fully saturated rings. The van der Waals surface area contributed by atoms with Crippen LogP contribution in [0.3, 0.4) is 0 Å². The molecule has 4 heterocycles. The maximum absolute atomic E-state index is 14.0. The lowest BCUT2D eigenvalue weighted by Crippen LogP contribution is -2.47. The van der Waals surface area contributed by atoms with Crippen LogP contribution in [0.5, 0.6) is 17.2 Å². The number of aromatic hydroxyl groups is 2. The van der Waals surface area contributed by atoms with Crippen LogP contribution in [-0.4, -0.2) is 111 Å². The monoisotopic (exact) mass is 918 g/mol. The number of carbonyl (C=O) groups is 3. The first-order chi connectivity index (χ1) is 31.2. The number of esters is 1. The SMILES string of the molecule is CC[C@H]1[C@@H](OC(C)=O)[C@H](C)[C@H](O)[C@H](C)[C@@H](O)[C@@H](C)/C=C/C=C(/C)C(=O)Nc2c(O)c3c(O)c(C)c4c(c3c3c2=NC2(CCN(C(=O)OCC(C)C)CC2)N=3)C(O)[C@@](CC)(C/C=C/[C@@H]1OC)O4. The third-order valence-electron chi connectivity index (χ3n) is 14.3. The smallest absolute Gasteiger partial charge is 0.409 e. The number of aliphatic hydroxyl groups excluding tert-OH is 3. The van der Waals surface area contributed by atoms with Gasteiger partial charge in [-0.15, -0.1) is 0 Å². The minimum atomic E-state index is -1.32. The summed E-state index contributed by atoms with van der Waals surface area (Å²) in [5.41, 5.74) is -1.68. The molecule has 1 spiro atoms. The molecule has 4 aliphatic heterocycles. The van der Waals surface area contributed by atoms with Gasteiger partial charge in [0.25, 0.3) is 5.91 Å². The fourth-order valence-corrected chi connectivity index (χ4v) is 10.0. The number of rotatable bonds is 6. The van der Waals surface area contributed by atoms with Crippen LogP contribution in [0.2, 0.25) is 0 Å². The number of nitrogens with zero attached hydrogens (tertiary/aromatic N) is 3. The largest absolute Gasteiger partial charge is 0.507 e. The van der Waals surface area contributed by atoms with Gasteiger partial charge >= 0.3 is 12.1 Å². The fourth-order valence-electron chi connectivity index (χ4n) is 10.0. The molecule has 2 aromatic carbocycles. The molecule has 2 aromatic rings. The van der Waals surface area contributed by atoms with Crippen LogP contribution in [0.4, 0.5) is 10.5 Å². The standard InChI is InChI=1S/C50H70N4O12/c1-12-32-33(63-11)18-15-19-49(13-2)46(60)36-34-35(42(58)30(9)45(36)66-49)43(59)39(38-37(34)52-50(53-38)20-22-54(23-21-50)48(62)64-24-25(3)4)51-47(61)27(6)17-14-16-26(5)40(56)28(7)41(57)29(8)44(32)65-31(10)55/h14-18,25-26,28-29,32-33,40-41,44,46,56-60H,12-13,19-24H2,1-11H3,(H,51,61)/b16-14+,18-15+,27-17-/t26-,28+,29+,32+,33-,40-,41+,44-,46?,49+/m0/s1. The highest BCUT2D eigenvalue weighted by Gasteiger charge is 2.50. The molecule has 4 aliphatic rings. The number of phenolic OH excluding ortho intramolecular Hbond substituents is 2. The molecule has 0 aliphatic carbocycles. The molecule has 0 aromatic heterocycles. The lowest BCUT2D eigenvalue weighted by Gasteiger charge is -2.39. The average molecular weight is 919 g/mol. The number of phenols is 2. The Bertz CT molecular complexity index is 2410. The van der Waals surface area contributed by atoms with E-state index in [-0.39, 0.29) is 94.7 Å². The second-order valence-corrected chi connectivity index (χ2v) is 19.2. The van der Waals surface area contributed by atoms with Gasteiger partial charge in [0.2, 0.25) is 0 Å². The summed E-state index contributed by atoms with van der Waals surface area (Å²) >= 11 is 0. The maximum atomic E-state index is 14.0. The highest BCUT2D eigenvalue weighted by Crippen LogP contribution is 2.55. The van der Waals surface area contributed by atoms with Crippen LogP contribution in [0.15, 0.2) is 45.9 Å². The first kappa shape index (κ1) is 50.4. The second-order valence-electron chi connectivity index (χ2n) is 19.2. The molecule has 10 atom stereocenters. The predicted octanol–water partition coefficient (Wildman–Crippen LogP) is 5.98. The number of hydrogen-bond acceptors (Lipinski definition) is 14. The summed E-state index contributed by atoms with van der Waals surface area (Å²) < 4.78 is 24.2. The van der Waals surface area contributed by atoms with Gasteiger partial charge in [0.1, 0.15) is 40.4 Å². The van der Waals surface area contributed by atoms with Gasteiger partial charge in [-0.3, -0.25) is 19.6 Å². The lowest BCUT2D eigenvalue weighted by molar-refractivity contribution is -0.161. The summed E-state index contributed by atoms with van der Waals surface area (Å²) in [6.07, 6.45) is 4.81. The molecule has 66 heavy (non-hydrogen) atoms. The average Bonchev–Trinajstić information content (AvgIpc) is 3.80. The highest BCUT2D eigenvalue weighted by atomic mass is 16.6. The zero-order valence-corrected chi connectivity index (χ0v) is 40.3. The van der Waals surface area contributed by atoms with Crippen LogP contribution < -0.4 is 20.8 Å². The number of piperidine rings is 1. The van der Waals surface area contributed by atoms with Crippen LogP contribution in [-0.2, 0) is 23.8 Å². The van der Waals surface area contributed by atoms with Crippen molar-refractivity contribution in [3.05, 3.63) is 57.8 Å². The van der Waals surface area contributed by atoms with Crippen molar-refractivity contribution in [1.82, 2.24) is 4.90 Å². The van der Waals surface area contributed by atoms with E-state index in [1.54, 1.807) is 64.9 Å². The van der Waals surface area contributed by atoms with E-state index in [1.165, 1.54) is 6.92 Å². The van der Waals surface area contributed by atoms with Crippen molar-refractivity contribution in [3.63, 3.8) is 0 Å². The molecule has 362 valence electrons. The minimum absolute atomic E-state index is 0.0398. The van der Waals surface area contributed by atoms with Crippen molar-refractivity contribution in [3.8, 4) is 17.2 Å². The van der Waals surface area contributed by atoms with E-state index in [9.17, 15) is 39.9 Å². The van der Waals surface area contributed by atoms with Gasteiger partial charge in [0.05, 0.1) is 35.7 Å². The number of aliphatic hydroxyl groups is 3. The Morgan fingerprint density at radius 3 is 2.24 bits per heavy atom. The number of nitrogens with one attached hydrogen (secondary N) is 1. The van der Waals surface area contributed by atoms with E-state index in [1.807, 2.05) is 39.8 Å². The number of allylic oxidation sites excluding steroid dienone is 2. The summed E-state index contributed by atoms with van der Waals surface area (Å²) in [6, 6.07) is 0. The van der Waals surface area contributed by atoms with Gasteiger partial charge in [-0.05, 0) is 32.6 Å². The first-order valence-electron chi connectivity index (χ1n) is 23.4. The zero-order valence-electron chi connectivity index (χ0n) is 40.3. The molecule has 6 N–H and O–H groups in total. The number of amides is 2. The Hall–Kier alpha value is -5.03. The van der Waals surface area contributed by atoms with E-state index in [4.69, 9.17) is 28.9 Å². The van der Waals surface area contributed by atoms with Gasteiger partial charge in [0.15, 0.2) is 11.4 Å². The number of ether oxygens (including phenoxy) is 4. The van der Waals surface area contributed by atoms with Gasteiger partial charge in [0, 0.05) is 92.1 Å². The van der Waals surface area contributed by atoms with Crippen molar-refractivity contribution in [2.75, 3.05) is 32.1 Å². The predicted molar refractivity (Wildman–Crippen MR) is 248 cm³/mol. The quantitative estimate of drug-likeness (QED) is 0.112. The van der Waals surface area contributed by atoms with Gasteiger partial charge < -0.3 is 54.7 Å². The number of methoxy groups -OCH3 is 1. The number of benzene rings is 2. The maximum Gasteiger partial charge on any atom is 0.409 e. The number of anilines is 1. The zero-order chi connectivity index (χ0) is 48.6. The van der Waals surface area contributed by atoms with E-state index >= 15 is 0 Å². The molecule has 1 unspecified atom stereocenters. The van der Waals surface area contributed by atoms with Crippen LogP contribution in [0.25, 0.3) is 10.8 Å². The number of fused-ring (bicyclic) bond motifs is 1. The van der Waals surface area contributed by atoms with Gasteiger partial charge in [-0.1, -0.05) is 78.8 Å².